The molecule has 4 heteroatoms. The fourth-order valence-corrected chi connectivity index (χ4v) is 2.57. The van der Waals surface area contributed by atoms with Gasteiger partial charge in [-0.25, -0.2) is 0 Å². The SMILES string of the molecule is CC(CNC1=NCCCN1)CN1CCCCC1. The second kappa shape index (κ2) is 6.84. The zero-order chi connectivity index (χ0) is 11.9. The number of hydrogen-bond acceptors (Lipinski definition) is 4. The van der Waals surface area contributed by atoms with Gasteiger partial charge in [-0.05, 0) is 38.3 Å². The highest BCUT2D eigenvalue weighted by Gasteiger charge is 2.13. The van der Waals surface area contributed by atoms with Crippen molar-refractivity contribution in [1.29, 1.82) is 0 Å². The maximum Gasteiger partial charge on any atom is 0.191 e. The lowest BCUT2D eigenvalue weighted by Gasteiger charge is -2.29. The molecule has 4 nitrogen and oxygen atoms in total. The first-order chi connectivity index (χ1) is 8.34. The third-order valence-corrected chi connectivity index (χ3v) is 3.53. The number of aliphatic imine (C=N–C) groups is 1. The van der Waals surface area contributed by atoms with Gasteiger partial charge in [-0.2, -0.15) is 0 Å². The van der Waals surface area contributed by atoms with Gasteiger partial charge in [0, 0.05) is 26.2 Å². The molecule has 17 heavy (non-hydrogen) atoms. The highest BCUT2D eigenvalue weighted by Crippen LogP contribution is 2.10. The van der Waals surface area contributed by atoms with Crippen LogP contribution in [0.3, 0.4) is 0 Å². The van der Waals surface area contributed by atoms with Crippen LogP contribution in [-0.2, 0) is 0 Å². The molecule has 0 radical (unpaired) electrons. The summed E-state index contributed by atoms with van der Waals surface area (Å²) in [4.78, 5) is 7.03. The van der Waals surface area contributed by atoms with Crippen LogP contribution in [-0.4, -0.2) is 50.1 Å². The van der Waals surface area contributed by atoms with E-state index in [1.165, 1.54) is 38.9 Å². The molecule has 2 aliphatic rings. The first kappa shape index (κ1) is 12.7. The van der Waals surface area contributed by atoms with Gasteiger partial charge < -0.3 is 15.5 Å². The lowest BCUT2D eigenvalue weighted by Crippen LogP contribution is -2.44. The molecular weight excluding hydrogens is 212 g/mol. The largest absolute Gasteiger partial charge is 0.356 e. The summed E-state index contributed by atoms with van der Waals surface area (Å²) in [6.07, 6.45) is 5.35. The van der Waals surface area contributed by atoms with Crippen LogP contribution in [0, 0.1) is 5.92 Å². The van der Waals surface area contributed by atoms with E-state index in [-0.39, 0.29) is 0 Å². The number of hydrogen-bond donors (Lipinski definition) is 2. The quantitative estimate of drug-likeness (QED) is 0.769. The smallest absolute Gasteiger partial charge is 0.191 e. The van der Waals surface area contributed by atoms with Crippen molar-refractivity contribution in [2.24, 2.45) is 10.9 Å². The Morgan fingerprint density at radius 1 is 1.29 bits per heavy atom. The summed E-state index contributed by atoms with van der Waals surface area (Å²) in [6.45, 7) is 9.20. The number of nitrogens with one attached hydrogen (secondary N) is 2. The Labute approximate surface area is 105 Å². The highest BCUT2D eigenvalue weighted by molar-refractivity contribution is 5.80. The molecule has 1 atom stereocenters. The Hall–Kier alpha value is -0.770. The molecule has 2 aliphatic heterocycles. The van der Waals surface area contributed by atoms with Gasteiger partial charge in [0.2, 0.25) is 0 Å². The third kappa shape index (κ3) is 4.54. The second-order valence-corrected chi connectivity index (χ2v) is 5.36. The van der Waals surface area contributed by atoms with Crippen LogP contribution < -0.4 is 10.6 Å². The van der Waals surface area contributed by atoms with Crippen LogP contribution in [0.4, 0.5) is 0 Å². The summed E-state index contributed by atoms with van der Waals surface area (Å²) in [5.74, 6) is 1.70. The molecule has 1 fully saturated rings. The van der Waals surface area contributed by atoms with E-state index in [2.05, 4.69) is 27.4 Å². The number of nitrogens with zero attached hydrogens (tertiary/aromatic N) is 2. The monoisotopic (exact) mass is 238 g/mol. The Kier molecular flexibility index (Phi) is 5.10. The Morgan fingerprint density at radius 3 is 2.82 bits per heavy atom. The maximum absolute atomic E-state index is 4.43. The van der Waals surface area contributed by atoms with E-state index in [0.29, 0.717) is 5.92 Å². The molecule has 0 aromatic rings. The summed E-state index contributed by atoms with van der Waals surface area (Å²) in [5.41, 5.74) is 0. The Morgan fingerprint density at radius 2 is 2.12 bits per heavy atom. The topological polar surface area (TPSA) is 39.7 Å². The first-order valence-corrected chi connectivity index (χ1v) is 7.09. The zero-order valence-corrected chi connectivity index (χ0v) is 11.0. The molecule has 1 unspecified atom stereocenters. The van der Waals surface area contributed by atoms with Gasteiger partial charge in [-0.3, -0.25) is 4.99 Å². The number of rotatable bonds is 4. The normalized spacial score (nSPS) is 23.7. The fourth-order valence-electron chi connectivity index (χ4n) is 2.57. The van der Waals surface area contributed by atoms with Gasteiger partial charge in [0.05, 0.1) is 0 Å². The van der Waals surface area contributed by atoms with Gasteiger partial charge in [-0.15, -0.1) is 0 Å². The zero-order valence-electron chi connectivity index (χ0n) is 11.0. The minimum atomic E-state index is 0.694. The molecule has 0 spiro atoms. The highest BCUT2D eigenvalue weighted by atomic mass is 15.2. The van der Waals surface area contributed by atoms with Crippen molar-refractivity contribution < 1.29 is 0 Å². The number of piperidine rings is 1. The first-order valence-electron chi connectivity index (χ1n) is 7.09. The molecule has 2 rings (SSSR count). The molecule has 98 valence electrons. The molecule has 2 heterocycles. The van der Waals surface area contributed by atoms with Gasteiger partial charge in [-0.1, -0.05) is 13.3 Å². The summed E-state index contributed by atoms with van der Waals surface area (Å²) in [5, 5.41) is 6.73. The summed E-state index contributed by atoms with van der Waals surface area (Å²) in [7, 11) is 0. The van der Waals surface area contributed by atoms with Crippen LogP contribution in [0.5, 0.6) is 0 Å². The van der Waals surface area contributed by atoms with Gasteiger partial charge >= 0.3 is 0 Å². The molecule has 1 saturated heterocycles. The Balaban J connectivity index is 1.62. The Bertz CT molecular complexity index is 246. The van der Waals surface area contributed by atoms with E-state index in [9.17, 15) is 0 Å². The van der Waals surface area contributed by atoms with E-state index in [1.54, 1.807) is 0 Å². The maximum atomic E-state index is 4.43. The van der Waals surface area contributed by atoms with Crippen molar-refractivity contribution in [2.45, 2.75) is 32.6 Å². The van der Waals surface area contributed by atoms with Crippen molar-refractivity contribution in [2.75, 3.05) is 39.3 Å². The average molecular weight is 238 g/mol. The van der Waals surface area contributed by atoms with Crippen LogP contribution in [0.1, 0.15) is 32.6 Å². The second-order valence-electron chi connectivity index (χ2n) is 5.36. The molecule has 0 aromatic carbocycles. The molecule has 2 N–H and O–H groups in total. The molecule has 0 aromatic heterocycles. The van der Waals surface area contributed by atoms with Crippen molar-refractivity contribution in [3.63, 3.8) is 0 Å². The van der Waals surface area contributed by atoms with Gasteiger partial charge in [0.1, 0.15) is 0 Å². The number of guanidine groups is 1. The van der Waals surface area contributed by atoms with E-state index >= 15 is 0 Å². The summed E-state index contributed by atoms with van der Waals surface area (Å²) < 4.78 is 0. The lowest BCUT2D eigenvalue weighted by molar-refractivity contribution is 0.201. The van der Waals surface area contributed by atoms with Crippen LogP contribution >= 0.6 is 0 Å². The minimum absolute atomic E-state index is 0.694. The van der Waals surface area contributed by atoms with Crippen molar-refractivity contribution in [3.05, 3.63) is 0 Å². The molecule has 0 saturated carbocycles. The van der Waals surface area contributed by atoms with Crippen molar-refractivity contribution >= 4 is 5.96 Å². The average Bonchev–Trinajstić information content (AvgIpc) is 2.39. The molecular formula is C13H26N4. The third-order valence-electron chi connectivity index (χ3n) is 3.53. The molecule has 0 amide bonds. The van der Waals surface area contributed by atoms with Gasteiger partial charge in [0.25, 0.3) is 0 Å². The summed E-state index contributed by atoms with van der Waals surface area (Å²) >= 11 is 0. The molecule has 0 bridgehead atoms. The fraction of sp³-hybridized carbons (Fsp3) is 0.923. The standard InChI is InChI=1S/C13H26N4/c1-12(11-17-8-3-2-4-9-17)10-16-13-14-6-5-7-15-13/h12H,2-11H2,1H3,(H2,14,15,16). The summed E-state index contributed by atoms with van der Waals surface area (Å²) in [6, 6.07) is 0. The van der Waals surface area contributed by atoms with E-state index in [4.69, 9.17) is 0 Å². The van der Waals surface area contributed by atoms with E-state index < -0.39 is 0 Å². The lowest BCUT2D eigenvalue weighted by atomic mass is 10.1. The van der Waals surface area contributed by atoms with Gasteiger partial charge in [0.15, 0.2) is 5.96 Å². The van der Waals surface area contributed by atoms with Crippen LogP contribution in [0.2, 0.25) is 0 Å². The van der Waals surface area contributed by atoms with Crippen molar-refractivity contribution in [3.8, 4) is 0 Å². The number of likely N-dealkylation sites (tertiary alicyclic amines) is 1. The van der Waals surface area contributed by atoms with Crippen molar-refractivity contribution in [1.82, 2.24) is 15.5 Å². The predicted octanol–water partition coefficient (Wildman–Crippen LogP) is 1.05. The molecule has 0 aliphatic carbocycles. The van der Waals surface area contributed by atoms with E-state index in [1.807, 2.05) is 0 Å². The van der Waals surface area contributed by atoms with E-state index in [0.717, 1.165) is 32.0 Å². The predicted molar refractivity (Wildman–Crippen MR) is 72.4 cm³/mol. The van der Waals surface area contributed by atoms with Crippen LogP contribution in [0.15, 0.2) is 4.99 Å². The van der Waals surface area contributed by atoms with Crippen LogP contribution in [0.25, 0.3) is 0 Å². The minimum Gasteiger partial charge on any atom is -0.356 e.